The summed E-state index contributed by atoms with van der Waals surface area (Å²) in [5.74, 6) is 0.135. The second-order valence-electron chi connectivity index (χ2n) is 5.22. The van der Waals surface area contributed by atoms with Crippen LogP contribution in [0.5, 0.6) is 0 Å². The fraction of sp³-hybridized carbons (Fsp3) is 0.471. The van der Waals surface area contributed by atoms with Crippen LogP contribution in [0.1, 0.15) is 39.0 Å². The normalized spacial score (nSPS) is 16.4. The van der Waals surface area contributed by atoms with E-state index in [0.717, 1.165) is 17.9 Å². The molecule has 1 atom stereocenters. The SMILES string of the molecule is C[C@@H](Sc1ccccc1)C(=O)NCCC1=CCCCC1. The van der Waals surface area contributed by atoms with E-state index in [1.165, 1.54) is 31.3 Å². The average molecular weight is 289 g/mol. The molecule has 0 saturated carbocycles. The van der Waals surface area contributed by atoms with Crippen molar-refractivity contribution in [2.24, 2.45) is 0 Å². The highest BCUT2D eigenvalue weighted by Crippen LogP contribution is 2.23. The highest BCUT2D eigenvalue weighted by molar-refractivity contribution is 8.00. The zero-order valence-electron chi connectivity index (χ0n) is 12.1. The van der Waals surface area contributed by atoms with E-state index in [2.05, 4.69) is 11.4 Å². The van der Waals surface area contributed by atoms with Crippen LogP contribution in [0.4, 0.5) is 0 Å². The first kappa shape index (κ1) is 15.2. The zero-order valence-corrected chi connectivity index (χ0v) is 12.9. The Balaban J connectivity index is 1.70. The summed E-state index contributed by atoms with van der Waals surface area (Å²) in [7, 11) is 0. The summed E-state index contributed by atoms with van der Waals surface area (Å²) in [6.07, 6.45) is 8.40. The van der Waals surface area contributed by atoms with Crippen molar-refractivity contribution in [3.8, 4) is 0 Å². The molecular formula is C17H23NOS. The van der Waals surface area contributed by atoms with Crippen LogP contribution in [0.3, 0.4) is 0 Å². The fourth-order valence-electron chi connectivity index (χ4n) is 2.38. The molecule has 1 amide bonds. The van der Waals surface area contributed by atoms with Gasteiger partial charge < -0.3 is 5.32 Å². The molecule has 0 bridgehead atoms. The third-order valence-corrected chi connectivity index (χ3v) is 4.67. The van der Waals surface area contributed by atoms with Gasteiger partial charge in [-0.2, -0.15) is 0 Å². The van der Waals surface area contributed by atoms with Crippen molar-refractivity contribution in [3.63, 3.8) is 0 Å². The summed E-state index contributed by atoms with van der Waals surface area (Å²) in [6, 6.07) is 10.1. The first-order valence-electron chi connectivity index (χ1n) is 7.43. The third-order valence-electron chi connectivity index (χ3n) is 3.56. The van der Waals surface area contributed by atoms with Crippen molar-refractivity contribution >= 4 is 17.7 Å². The van der Waals surface area contributed by atoms with Gasteiger partial charge in [-0.15, -0.1) is 11.8 Å². The number of hydrogen-bond donors (Lipinski definition) is 1. The molecule has 0 fully saturated rings. The van der Waals surface area contributed by atoms with Gasteiger partial charge in [0.25, 0.3) is 0 Å². The lowest BCUT2D eigenvalue weighted by Crippen LogP contribution is -2.31. The van der Waals surface area contributed by atoms with E-state index >= 15 is 0 Å². The number of benzene rings is 1. The quantitative estimate of drug-likeness (QED) is 0.629. The van der Waals surface area contributed by atoms with Gasteiger partial charge in [0, 0.05) is 11.4 Å². The summed E-state index contributed by atoms with van der Waals surface area (Å²) in [4.78, 5) is 13.2. The minimum Gasteiger partial charge on any atom is -0.355 e. The van der Waals surface area contributed by atoms with Crippen LogP contribution in [-0.4, -0.2) is 17.7 Å². The Morgan fingerprint density at radius 3 is 2.80 bits per heavy atom. The lowest BCUT2D eigenvalue weighted by atomic mass is 9.97. The van der Waals surface area contributed by atoms with Gasteiger partial charge in [-0.05, 0) is 51.2 Å². The monoisotopic (exact) mass is 289 g/mol. The highest BCUT2D eigenvalue weighted by atomic mass is 32.2. The number of carbonyl (C=O) groups excluding carboxylic acids is 1. The van der Waals surface area contributed by atoms with Gasteiger partial charge >= 0.3 is 0 Å². The van der Waals surface area contributed by atoms with Crippen LogP contribution in [0.2, 0.25) is 0 Å². The Labute approximate surface area is 126 Å². The van der Waals surface area contributed by atoms with Gasteiger partial charge in [0.2, 0.25) is 5.91 Å². The molecule has 108 valence electrons. The summed E-state index contributed by atoms with van der Waals surface area (Å²) < 4.78 is 0. The average Bonchev–Trinajstić information content (AvgIpc) is 2.49. The summed E-state index contributed by atoms with van der Waals surface area (Å²) in [5.41, 5.74) is 1.51. The molecule has 0 aromatic heterocycles. The number of amides is 1. The molecule has 0 aliphatic heterocycles. The van der Waals surface area contributed by atoms with E-state index in [-0.39, 0.29) is 11.2 Å². The number of thioether (sulfide) groups is 1. The van der Waals surface area contributed by atoms with Crippen LogP contribution in [0.15, 0.2) is 46.9 Å². The van der Waals surface area contributed by atoms with Crippen molar-refractivity contribution in [3.05, 3.63) is 42.0 Å². The van der Waals surface area contributed by atoms with Crippen molar-refractivity contribution < 1.29 is 4.79 Å². The standard InChI is InChI=1S/C17H23NOS/c1-14(20-16-10-6-3-7-11-16)17(19)18-13-12-15-8-4-2-5-9-15/h3,6-8,10-11,14H,2,4-5,9,12-13H2,1H3,(H,18,19)/t14-/m1/s1. The van der Waals surface area contributed by atoms with Gasteiger partial charge in [0.1, 0.15) is 0 Å². The van der Waals surface area contributed by atoms with Crippen LogP contribution in [0.25, 0.3) is 0 Å². The number of allylic oxidation sites excluding steroid dienone is 1. The molecule has 20 heavy (non-hydrogen) atoms. The van der Waals surface area contributed by atoms with Crippen LogP contribution >= 0.6 is 11.8 Å². The summed E-state index contributed by atoms with van der Waals surface area (Å²) >= 11 is 1.61. The summed E-state index contributed by atoms with van der Waals surface area (Å²) in [6.45, 7) is 2.73. The first-order valence-corrected chi connectivity index (χ1v) is 8.31. The van der Waals surface area contributed by atoms with E-state index in [4.69, 9.17) is 0 Å². The van der Waals surface area contributed by atoms with Crippen molar-refractivity contribution in [1.29, 1.82) is 0 Å². The molecule has 0 heterocycles. The maximum Gasteiger partial charge on any atom is 0.233 e. The lowest BCUT2D eigenvalue weighted by Gasteiger charge is -2.15. The van der Waals surface area contributed by atoms with E-state index in [1.54, 1.807) is 11.8 Å². The molecule has 0 unspecified atom stereocenters. The topological polar surface area (TPSA) is 29.1 Å². The number of nitrogens with one attached hydrogen (secondary N) is 1. The molecule has 1 aliphatic rings. The van der Waals surface area contributed by atoms with Crippen molar-refractivity contribution in [2.45, 2.75) is 49.2 Å². The van der Waals surface area contributed by atoms with E-state index in [1.807, 2.05) is 37.3 Å². The van der Waals surface area contributed by atoms with E-state index in [0.29, 0.717) is 0 Å². The molecule has 0 spiro atoms. The Morgan fingerprint density at radius 2 is 2.10 bits per heavy atom. The number of rotatable bonds is 6. The minimum atomic E-state index is -0.0438. The van der Waals surface area contributed by atoms with Gasteiger partial charge in [0.15, 0.2) is 0 Å². The van der Waals surface area contributed by atoms with Gasteiger partial charge in [-0.3, -0.25) is 4.79 Å². The summed E-state index contributed by atoms with van der Waals surface area (Å²) in [5, 5.41) is 3.01. The first-order chi connectivity index (χ1) is 9.75. The largest absolute Gasteiger partial charge is 0.355 e. The fourth-order valence-corrected chi connectivity index (χ4v) is 3.29. The minimum absolute atomic E-state index is 0.0438. The van der Waals surface area contributed by atoms with Crippen LogP contribution in [0, 0.1) is 0 Å². The lowest BCUT2D eigenvalue weighted by molar-refractivity contribution is -0.120. The Hall–Kier alpha value is -1.22. The van der Waals surface area contributed by atoms with Gasteiger partial charge in [-0.1, -0.05) is 29.8 Å². The smallest absolute Gasteiger partial charge is 0.233 e. The molecule has 2 nitrogen and oxygen atoms in total. The molecule has 0 saturated heterocycles. The Morgan fingerprint density at radius 1 is 1.30 bits per heavy atom. The Kier molecular flexibility index (Phi) is 6.19. The van der Waals surface area contributed by atoms with Crippen LogP contribution < -0.4 is 5.32 Å². The zero-order chi connectivity index (χ0) is 14.2. The van der Waals surface area contributed by atoms with E-state index in [9.17, 15) is 4.79 Å². The molecule has 0 radical (unpaired) electrons. The Bertz CT molecular complexity index is 455. The number of carbonyl (C=O) groups is 1. The van der Waals surface area contributed by atoms with Gasteiger partial charge in [-0.25, -0.2) is 0 Å². The second kappa shape index (κ2) is 8.15. The van der Waals surface area contributed by atoms with E-state index < -0.39 is 0 Å². The predicted octanol–water partition coefficient (Wildman–Crippen LogP) is 4.17. The molecule has 1 aromatic rings. The molecule has 1 aliphatic carbocycles. The molecule has 2 rings (SSSR count). The molecule has 1 aromatic carbocycles. The maximum absolute atomic E-state index is 12.0. The number of hydrogen-bond acceptors (Lipinski definition) is 2. The molecule has 1 N–H and O–H groups in total. The predicted molar refractivity (Wildman–Crippen MR) is 85.9 cm³/mol. The second-order valence-corrected chi connectivity index (χ2v) is 6.64. The van der Waals surface area contributed by atoms with Crippen molar-refractivity contribution in [2.75, 3.05) is 6.54 Å². The highest BCUT2D eigenvalue weighted by Gasteiger charge is 2.13. The van der Waals surface area contributed by atoms with Crippen LogP contribution in [-0.2, 0) is 4.79 Å². The van der Waals surface area contributed by atoms with Crippen molar-refractivity contribution in [1.82, 2.24) is 5.32 Å². The molecular weight excluding hydrogens is 266 g/mol. The van der Waals surface area contributed by atoms with Gasteiger partial charge in [0.05, 0.1) is 5.25 Å². The maximum atomic E-state index is 12.0. The molecule has 3 heteroatoms. The third kappa shape index (κ3) is 5.04.